The molecule has 0 spiro atoms. The summed E-state index contributed by atoms with van der Waals surface area (Å²) in [5, 5.41) is 5.21. The molecule has 2 aromatic carbocycles. The number of anilines is 1. The largest absolute Gasteiger partial charge is 0.493 e. The van der Waals surface area contributed by atoms with Crippen LogP contribution >= 0.6 is 0 Å². The molecule has 1 aliphatic carbocycles. The zero-order chi connectivity index (χ0) is 20.0. The van der Waals surface area contributed by atoms with Crippen LogP contribution in [0, 0.1) is 5.92 Å². The van der Waals surface area contributed by atoms with Gasteiger partial charge in [0.1, 0.15) is 11.4 Å². The Bertz CT molecular complexity index is 804. The third kappa shape index (κ3) is 4.49. The van der Waals surface area contributed by atoms with Crippen LogP contribution in [-0.4, -0.2) is 24.7 Å². The fourth-order valence-corrected chi connectivity index (χ4v) is 4.16. The molecule has 4 heteroatoms. The van der Waals surface area contributed by atoms with Gasteiger partial charge in [-0.3, -0.25) is 4.79 Å². The van der Waals surface area contributed by atoms with E-state index in [2.05, 4.69) is 26.1 Å². The summed E-state index contributed by atoms with van der Waals surface area (Å²) in [4.78, 5) is 13.4. The molecular weight excluding hydrogens is 350 g/mol. The van der Waals surface area contributed by atoms with Crippen molar-refractivity contribution in [3.8, 4) is 5.75 Å². The molecule has 1 aliphatic rings. The van der Waals surface area contributed by atoms with Gasteiger partial charge in [-0.25, -0.2) is 0 Å². The van der Waals surface area contributed by atoms with Crippen molar-refractivity contribution in [1.29, 1.82) is 0 Å². The number of rotatable bonds is 8. The van der Waals surface area contributed by atoms with Crippen LogP contribution in [0.2, 0.25) is 0 Å². The number of benzene rings is 2. The maximum atomic E-state index is 13.4. The topological polar surface area (TPSA) is 47.6 Å². The number of fused-ring (bicyclic) bond motifs is 1. The molecule has 28 heavy (non-hydrogen) atoms. The highest BCUT2D eigenvalue weighted by Gasteiger charge is 2.42. The first kappa shape index (κ1) is 20.7. The highest BCUT2D eigenvalue weighted by atomic mass is 16.5. The van der Waals surface area contributed by atoms with E-state index in [0.29, 0.717) is 19.1 Å². The lowest BCUT2D eigenvalue weighted by molar-refractivity contribution is -0.148. The summed E-state index contributed by atoms with van der Waals surface area (Å²) >= 11 is 0. The van der Waals surface area contributed by atoms with Crippen LogP contribution in [0.5, 0.6) is 5.75 Å². The van der Waals surface area contributed by atoms with Crippen molar-refractivity contribution in [3.05, 3.63) is 36.4 Å². The van der Waals surface area contributed by atoms with Crippen LogP contribution in [0.25, 0.3) is 10.8 Å². The Balaban J connectivity index is 1.89. The van der Waals surface area contributed by atoms with Gasteiger partial charge in [0.2, 0.25) is 0 Å². The van der Waals surface area contributed by atoms with Gasteiger partial charge in [-0.15, -0.1) is 0 Å². The molecule has 1 amide bonds. The summed E-state index contributed by atoms with van der Waals surface area (Å²) < 4.78 is 12.1. The third-order valence-corrected chi connectivity index (χ3v) is 5.55. The van der Waals surface area contributed by atoms with Crippen LogP contribution in [0.1, 0.15) is 59.3 Å². The zero-order valence-electron chi connectivity index (χ0n) is 17.4. The molecule has 1 saturated carbocycles. The standard InChI is InChI=1S/C24H33NO3/c1-4-15-27-22-13-12-21(19-10-6-7-11-20(19)22)25-23(26)24(28-16-5-2)14-8-9-18(3)17-24/h6-7,10-13,18H,4-5,8-9,14-17H2,1-3H3,(H,25,26)/t18-,24-/m1/s1. The molecule has 2 atom stereocenters. The molecular formula is C24H33NO3. The van der Waals surface area contributed by atoms with Gasteiger partial charge in [-0.2, -0.15) is 0 Å². The lowest BCUT2D eigenvalue weighted by Gasteiger charge is -2.38. The first-order valence-electron chi connectivity index (χ1n) is 10.7. The number of nitrogens with one attached hydrogen (secondary N) is 1. The molecule has 1 N–H and O–H groups in total. The molecule has 0 bridgehead atoms. The second-order valence-electron chi connectivity index (χ2n) is 8.00. The van der Waals surface area contributed by atoms with Crippen LogP contribution < -0.4 is 10.1 Å². The van der Waals surface area contributed by atoms with E-state index in [1.54, 1.807) is 0 Å². The minimum Gasteiger partial charge on any atom is -0.493 e. The molecule has 0 radical (unpaired) electrons. The number of carbonyl (C=O) groups is 1. The van der Waals surface area contributed by atoms with E-state index in [4.69, 9.17) is 9.47 Å². The molecule has 0 saturated heterocycles. The van der Waals surface area contributed by atoms with Crippen LogP contribution in [-0.2, 0) is 9.53 Å². The average Bonchev–Trinajstić information content (AvgIpc) is 2.71. The van der Waals surface area contributed by atoms with Gasteiger partial charge >= 0.3 is 0 Å². The summed E-state index contributed by atoms with van der Waals surface area (Å²) in [5.41, 5.74) is 0.105. The molecule has 0 unspecified atom stereocenters. The van der Waals surface area contributed by atoms with Gasteiger partial charge in [0.25, 0.3) is 5.91 Å². The highest BCUT2D eigenvalue weighted by molar-refractivity contribution is 6.06. The third-order valence-electron chi connectivity index (χ3n) is 5.55. The minimum atomic E-state index is -0.716. The van der Waals surface area contributed by atoms with E-state index in [1.165, 1.54) is 0 Å². The van der Waals surface area contributed by atoms with Crippen LogP contribution in [0.15, 0.2) is 36.4 Å². The van der Waals surface area contributed by atoms with Gasteiger partial charge in [0.15, 0.2) is 0 Å². The number of ether oxygens (including phenoxy) is 2. The maximum absolute atomic E-state index is 13.4. The SMILES string of the molecule is CCCOc1ccc(NC(=O)[C@@]2(OCCC)CCC[C@@H](C)C2)c2ccccc12. The molecule has 0 heterocycles. The summed E-state index contributed by atoms with van der Waals surface area (Å²) in [5.74, 6) is 1.34. The Labute approximate surface area is 168 Å². The molecule has 0 aliphatic heterocycles. The first-order chi connectivity index (χ1) is 13.6. The quantitative estimate of drug-likeness (QED) is 0.613. The van der Waals surface area contributed by atoms with E-state index in [9.17, 15) is 4.79 Å². The van der Waals surface area contributed by atoms with Crippen molar-refractivity contribution >= 4 is 22.4 Å². The predicted molar refractivity (Wildman–Crippen MR) is 115 cm³/mol. The second-order valence-corrected chi connectivity index (χ2v) is 8.00. The Hall–Kier alpha value is -2.07. The fourth-order valence-electron chi connectivity index (χ4n) is 4.16. The van der Waals surface area contributed by atoms with Crippen molar-refractivity contribution in [3.63, 3.8) is 0 Å². The molecule has 3 rings (SSSR count). The second kappa shape index (κ2) is 9.42. The van der Waals surface area contributed by atoms with E-state index in [1.807, 2.05) is 36.4 Å². The highest BCUT2D eigenvalue weighted by Crippen LogP contribution is 2.38. The Morgan fingerprint density at radius 1 is 1.11 bits per heavy atom. The summed E-state index contributed by atoms with van der Waals surface area (Å²) in [7, 11) is 0. The maximum Gasteiger partial charge on any atom is 0.256 e. The summed E-state index contributed by atoms with van der Waals surface area (Å²) in [6.45, 7) is 7.69. The Kier molecular flexibility index (Phi) is 6.95. The first-order valence-corrected chi connectivity index (χ1v) is 10.7. The van der Waals surface area contributed by atoms with Gasteiger partial charge in [0, 0.05) is 23.1 Å². The van der Waals surface area contributed by atoms with Crippen molar-refractivity contribution in [2.75, 3.05) is 18.5 Å². The molecule has 0 aromatic heterocycles. The monoisotopic (exact) mass is 383 g/mol. The van der Waals surface area contributed by atoms with Crippen molar-refractivity contribution in [2.45, 2.75) is 64.9 Å². The van der Waals surface area contributed by atoms with Crippen molar-refractivity contribution in [1.82, 2.24) is 0 Å². The summed E-state index contributed by atoms with van der Waals surface area (Å²) in [6, 6.07) is 12.0. The Morgan fingerprint density at radius 2 is 1.86 bits per heavy atom. The lowest BCUT2D eigenvalue weighted by Crippen LogP contribution is -2.48. The molecule has 152 valence electrons. The number of amides is 1. The fraction of sp³-hybridized carbons (Fsp3) is 0.542. The van der Waals surface area contributed by atoms with Gasteiger partial charge < -0.3 is 14.8 Å². The van der Waals surface area contributed by atoms with E-state index < -0.39 is 5.60 Å². The van der Waals surface area contributed by atoms with Gasteiger partial charge in [0.05, 0.1) is 6.61 Å². The normalized spacial score (nSPS) is 22.2. The van der Waals surface area contributed by atoms with Gasteiger partial charge in [-0.05, 0) is 50.2 Å². The van der Waals surface area contributed by atoms with Crippen molar-refractivity contribution < 1.29 is 14.3 Å². The van der Waals surface area contributed by atoms with Crippen LogP contribution in [0.4, 0.5) is 5.69 Å². The van der Waals surface area contributed by atoms with Gasteiger partial charge in [-0.1, -0.05) is 51.5 Å². The summed E-state index contributed by atoms with van der Waals surface area (Å²) in [6.07, 6.45) is 5.64. The number of hydrogen-bond donors (Lipinski definition) is 1. The predicted octanol–water partition coefficient (Wildman–Crippen LogP) is 5.94. The molecule has 2 aromatic rings. The lowest BCUT2D eigenvalue weighted by atomic mass is 9.78. The van der Waals surface area contributed by atoms with Crippen molar-refractivity contribution in [2.24, 2.45) is 5.92 Å². The number of carbonyl (C=O) groups excluding carboxylic acids is 1. The Morgan fingerprint density at radius 3 is 2.57 bits per heavy atom. The molecule has 1 fully saturated rings. The van der Waals surface area contributed by atoms with E-state index in [-0.39, 0.29) is 5.91 Å². The number of hydrogen-bond acceptors (Lipinski definition) is 3. The molecule has 4 nitrogen and oxygen atoms in total. The van der Waals surface area contributed by atoms with E-state index >= 15 is 0 Å². The average molecular weight is 384 g/mol. The van der Waals surface area contributed by atoms with E-state index in [0.717, 1.165) is 60.7 Å². The minimum absolute atomic E-state index is 0.0140. The van der Waals surface area contributed by atoms with Crippen LogP contribution in [0.3, 0.4) is 0 Å². The zero-order valence-corrected chi connectivity index (χ0v) is 17.4. The smallest absolute Gasteiger partial charge is 0.256 e.